The van der Waals surface area contributed by atoms with E-state index < -0.39 is 0 Å². The van der Waals surface area contributed by atoms with Crippen LogP contribution in [0.2, 0.25) is 0 Å². The number of ether oxygens (including phenoxy) is 2. The number of aliphatic hydroxyl groups excluding tert-OH is 1. The highest BCUT2D eigenvalue weighted by Crippen LogP contribution is 1.91. The van der Waals surface area contributed by atoms with E-state index >= 15 is 0 Å². The first-order valence-electron chi connectivity index (χ1n) is 3.19. The van der Waals surface area contributed by atoms with E-state index in [0.29, 0.717) is 0 Å². The highest BCUT2D eigenvalue weighted by molar-refractivity contribution is 4.86. The zero-order valence-corrected chi connectivity index (χ0v) is 6.41. The summed E-state index contributed by atoms with van der Waals surface area (Å²) >= 11 is 0. The average Bonchev–Trinajstić information content (AvgIpc) is 1.97. The summed E-state index contributed by atoms with van der Waals surface area (Å²) in [5.74, 6) is 0. The van der Waals surface area contributed by atoms with Gasteiger partial charge in [-0.1, -0.05) is 12.2 Å². The average molecular weight is 146 g/mol. The van der Waals surface area contributed by atoms with E-state index in [1.807, 2.05) is 6.92 Å². The lowest BCUT2D eigenvalue weighted by atomic mass is 10.3. The van der Waals surface area contributed by atoms with E-state index in [1.165, 1.54) is 0 Å². The Morgan fingerprint density at radius 1 is 1.60 bits per heavy atom. The largest absolute Gasteiger partial charge is 0.392 e. The first-order valence-corrected chi connectivity index (χ1v) is 3.19. The Morgan fingerprint density at radius 3 is 2.80 bits per heavy atom. The maximum atomic E-state index is 8.37. The van der Waals surface area contributed by atoms with Crippen LogP contribution >= 0.6 is 0 Å². The fraction of sp³-hybridized carbons (Fsp3) is 0.714. The van der Waals surface area contributed by atoms with Gasteiger partial charge in [0.1, 0.15) is 6.79 Å². The van der Waals surface area contributed by atoms with Gasteiger partial charge in [-0.05, 0) is 6.92 Å². The lowest BCUT2D eigenvalue weighted by Gasteiger charge is -2.05. The molecule has 0 spiro atoms. The van der Waals surface area contributed by atoms with Gasteiger partial charge in [0.25, 0.3) is 0 Å². The predicted molar refractivity (Wildman–Crippen MR) is 38.6 cm³/mol. The highest BCUT2D eigenvalue weighted by atomic mass is 16.7. The molecule has 3 heteroatoms. The van der Waals surface area contributed by atoms with Crippen molar-refractivity contribution >= 4 is 0 Å². The van der Waals surface area contributed by atoms with Gasteiger partial charge in [0.15, 0.2) is 0 Å². The number of methoxy groups -OCH3 is 1. The van der Waals surface area contributed by atoms with Crippen LogP contribution in [0.3, 0.4) is 0 Å². The predicted octanol–water partition coefficient (Wildman–Crippen LogP) is 0.544. The molecule has 3 nitrogen and oxygen atoms in total. The van der Waals surface area contributed by atoms with Gasteiger partial charge in [0, 0.05) is 7.11 Å². The maximum absolute atomic E-state index is 8.37. The van der Waals surface area contributed by atoms with Crippen LogP contribution in [0.4, 0.5) is 0 Å². The van der Waals surface area contributed by atoms with Crippen molar-refractivity contribution in [3.63, 3.8) is 0 Å². The third kappa shape index (κ3) is 5.75. The molecular formula is C7H14O3. The van der Waals surface area contributed by atoms with Crippen LogP contribution in [0.1, 0.15) is 6.92 Å². The molecule has 0 aliphatic carbocycles. The summed E-state index contributed by atoms with van der Waals surface area (Å²) in [5, 5.41) is 8.37. The molecule has 0 radical (unpaired) electrons. The van der Waals surface area contributed by atoms with Crippen LogP contribution in [0, 0.1) is 0 Å². The molecule has 10 heavy (non-hydrogen) atoms. The minimum Gasteiger partial charge on any atom is -0.392 e. The van der Waals surface area contributed by atoms with E-state index in [-0.39, 0.29) is 19.5 Å². The smallest absolute Gasteiger partial charge is 0.147 e. The summed E-state index contributed by atoms with van der Waals surface area (Å²) in [5.41, 5.74) is 0. The Labute approximate surface area is 61.3 Å². The first kappa shape index (κ1) is 9.62. The Hall–Kier alpha value is -0.380. The van der Waals surface area contributed by atoms with E-state index in [2.05, 4.69) is 4.74 Å². The first-order chi connectivity index (χ1) is 4.81. The minimum atomic E-state index is 0.00657. The van der Waals surface area contributed by atoms with Gasteiger partial charge in [0.05, 0.1) is 12.7 Å². The summed E-state index contributed by atoms with van der Waals surface area (Å²) in [6.07, 6.45) is 3.42. The van der Waals surface area contributed by atoms with Gasteiger partial charge >= 0.3 is 0 Å². The third-order valence-corrected chi connectivity index (χ3v) is 0.961. The summed E-state index contributed by atoms with van der Waals surface area (Å²) < 4.78 is 9.75. The van der Waals surface area contributed by atoms with Crippen molar-refractivity contribution < 1.29 is 14.6 Å². The maximum Gasteiger partial charge on any atom is 0.147 e. The lowest BCUT2D eigenvalue weighted by molar-refractivity contribution is -0.0496. The molecule has 0 saturated carbocycles. The lowest BCUT2D eigenvalue weighted by Crippen LogP contribution is -2.06. The Morgan fingerprint density at radius 2 is 2.30 bits per heavy atom. The molecule has 60 valence electrons. The van der Waals surface area contributed by atoms with Gasteiger partial charge in [-0.3, -0.25) is 0 Å². The highest BCUT2D eigenvalue weighted by Gasteiger charge is 1.92. The summed E-state index contributed by atoms with van der Waals surface area (Å²) in [6.45, 7) is 2.22. The van der Waals surface area contributed by atoms with Crippen molar-refractivity contribution in [2.75, 3.05) is 20.5 Å². The number of rotatable bonds is 5. The molecule has 0 aliphatic rings. The second kappa shape index (κ2) is 6.74. The van der Waals surface area contributed by atoms with Gasteiger partial charge < -0.3 is 14.6 Å². The van der Waals surface area contributed by atoms with Crippen molar-refractivity contribution in [3.8, 4) is 0 Å². The zero-order chi connectivity index (χ0) is 7.82. The Bertz CT molecular complexity index is 90.9. The van der Waals surface area contributed by atoms with Crippen LogP contribution in [-0.4, -0.2) is 31.7 Å². The topological polar surface area (TPSA) is 38.7 Å². The summed E-state index contributed by atoms with van der Waals surface area (Å²) in [6, 6.07) is 0. The molecule has 0 aliphatic heterocycles. The molecule has 0 saturated heterocycles. The fourth-order valence-corrected chi connectivity index (χ4v) is 0.483. The van der Waals surface area contributed by atoms with Gasteiger partial charge in [-0.25, -0.2) is 0 Å². The fourth-order valence-electron chi connectivity index (χ4n) is 0.483. The van der Waals surface area contributed by atoms with E-state index in [0.717, 1.165) is 0 Å². The standard InChI is InChI=1S/C7H14O3/c1-7(4-3-5-8)10-6-9-2/h3-4,7-8H,5-6H2,1-2H3/b4-3+/t7-/m0/s1. The van der Waals surface area contributed by atoms with Gasteiger partial charge in [-0.2, -0.15) is 0 Å². The van der Waals surface area contributed by atoms with Crippen molar-refractivity contribution in [3.05, 3.63) is 12.2 Å². The molecule has 0 aromatic rings. The normalized spacial score (nSPS) is 14.3. The second-order valence-corrected chi connectivity index (χ2v) is 1.89. The van der Waals surface area contributed by atoms with Crippen molar-refractivity contribution in [1.82, 2.24) is 0 Å². The Kier molecular flexibility index (Phi) is 6.48. The molecule has 0 unspecified atom stereocenters. The van der Waals surface area contributed by atoms with Crippen molar-refractivity contribution in [1.29, 1.82) is 0 Å². The summed E-state index contributed by atoms with van der Waals surface area (Å²) in [4.78, 5) is 0. The van der Waals surface area contributed by atoms with Crippen molar-refractivity contribution in [2.24, 2.45) is 0 Å². The molecule has 0 heterocycles. The van der Waals surface area contributed by atoms with E-state index in [4.69, 9.17) is 9.84 Å². The minimum absolute atomic E-state index is 0.00657. The van der Waals surface area contributed by atoms with Crippen LogP contribution < -0.4 is 0 Å². The number of hydrogen-bond acceptors (Lipinski definition) is 3. The van der Waals surface area contributed by atoms with Gasteiger partial charge in [0.2, 0.25) is 0 Å². The molecule has 0 aromatic heterocycles. The molecular weight excluding hydrogens is 132 g/mol. The second-order valence-electron chi connectivity index (χ2n) is 1.89. The molecule has 0 aromatic carbocycles. The number of aliphatic hydroxyl groups is 1. The molecule has 1 atom stereocenters. The van der Waals surface area contributed by atoms with Crippen LogP contribution in [0.15, 0.2) is 12.2 Å². The number of hydrogen-bond donors (Lipinski definition) is 1. The summed E-state index contributed by atoms with van der Waals surface area (Å²) in [7, 11) is 1.57. The van der Waals surface area contributed by atoms with Crippen LogP contribution in [0.25, 0.3) is 0 Å². The monoisotopic (exact) mass is 146 g/mol. The molecule has 1 N–H and O–H groups in total. The Balaban J connectivity index is 3.24. The van der Waals surface area contributed by atoms with Crippen LogP contribution in [-0.2, 0) is 9.47 Å². The molecule has 0 fully saturated rings. The molecule has 0 rings (SSSR count). The van der Waals surface area contributed by atoms with E-state index in [9.17, 15) is 0 Å². The van der Waals surface area contributed by atoms with Crippen LogP contribution in [0.5, 0.6) is 0 Å². The van der Waals surface area contributed by atoms with Crippen molar-refractivity contribution in [2.45, 2.75) is 13.0 Å². The zero-order valence-electron chi connectivity index (χ0n) is 6.41. The third-order valence-electron chi connectivity index (χ3n) is 0.961. The molecule has 0 bridgehead atoms. The molecule has 0 amide bonds. The SMILES string of the molecule is COCO[C@@H](C)/C=C/CO. The quantitative estimate of drug-likeness (QED) is 0.454. The van der Waals surface area contributed by atoms with E-state index in [1.54, 1.807) is 19.3 Å². The van der Waals surface area contributed by atoms with Gasteiger partial charge in [-0.15, -0.1) is 0 Å².